The molecule has 16 heteroatoms. The molecule has 2 aliphatic heterocycles. The second-order valence-electron chi connectivity index (χ2n) is 9.76. The van der Waals surface area contributed by atoms with E-state index >= 15 is 0 Å². The Labute approximate surface area is 237 Å². The van der Waals surface area contributed by atoms with Gasteiger partial charge in [-0.05, 0) is 30.5 Å². The molecule has 0 radical (unpaired) electrons. The van der Waals surface area contributed by atoms with Crippen molar-refractivity contribution in [3.05, 3.63) is 68.8 Å². The van der Waals surface area contributed by atoms with Gasteiger partial charge in [0.15, 0.2) is 11.6 Å². The van der Waals surface area contributed by atoms with Crippen LogP contribution in [0.1, 0.15) is 71.0 Å². The highest BCUT2D eigenvalue weighted by Crippen LogP contribution is 2.34. The number of piperidine rings is 1. The summed E-state index contributed by atoms with van der Waals surface area (Å²) in [6.07, 6.45) is -1.00. The molecule has 41 heavy (non-hydrogen) atoms. The van der Waals surface area contributed by atoms with Crippen LogP contribution < -0.4 is 14.8 Å². The van der Waals surface area contributed by atoms with Crippen molar-refractivity contribution in [1.82, 2.24) is 30.3 Å². The van der Waals surface area contributed by atoms with Gasteiger partial charge in [0.05, 0.1) is 17.0 Å². The van der Waals surface area contributed by atoms with Crippen molar-refractivity contribution in [2.24, 2.45) is 0 Å². The van der Waals surface area contributed by atoms with Crippen LogP contribution in [0.5, 0.6) is 5.75 Å². The number of hydrogen-bond acceptors (Lipinski definition) is 9. The summed E-state index contributed by atoms with van der Waals surface area (Å²) < 4.78 is 95.7. The predicted octanol–water partition coefficient (Wildman–Crippen LogP) is 4.89. The number of nitrogens with zero attached hydrogens (tertiary/aromatic N) is 4. The van der Waals surface area contributed by atoms with Crippen molar-refractivity contribution in [3.63, 3.8) is 0 Å². The van der Waals surface area contributed by atoms with Crippen LogP contribution in [0.2, 0.25) is 0 Å². The molecule has 1 fully saturated rings. The van der Waals surface area contributed by atoms with E-state index in [9.17, 15) is 30.4 Å². The average Bonchev–Trinajstić information content (AvgIpc) is 3.53. The highest BCUT2D eigenvalue weighted by atomic mass is 32.2. The Hall–Kier alpha value is -3.08. The zero-order valence-corrected chi connectivity index (χ0v) is 23.4. The molecule has 0 saturated carbocycles. The van der Waals surface area contributed by atoms with E-state index in [4.69, 9.17) is 9.17 Å². The topological polar surface area (TPSA) is 101 Å². The van der Waals surface area contributed by atoms with E-state index < -0.39 is 40.2 Å². The van der Waals surface area contributed by atoms with Crippen LogP contribution in [0, 0.1) is 5.82 Å². The molecule has 2 N–H and O–H groups in total. The van der Waals surface area contributed by atoms with Crippen molar-refractivity contribution in [1.29, 1.82) is 0 Å². The Kier molecular flexibility index (Phi) is 8.63. The fraction of sp³-hybridized carbons (Fsp3) is 0.440. The molecular formula is C25H27F5N6O3S2. The fourth-order valence-corrected chi connectivity index (χ4v) is 6.33. The lowest BCUT2D eigenvalue weighted by atomic mass is 9.98. The smallest absolute Gasteiger partial charge is 0.306 e. The maximum absolute atomic E-state index is 14.4. The van der Waals surface area contributed by atoms with Crippen molar-refractivity contribution in [2.75, 3.05) is 19.3 Å². The monoisotopic (exact) mass is 618 g/mol. The van der Waals surface area contributed by atoms with E-state index in [2.05, 4.69) is 15.7 Å². The molecule has 1 saturated heterocycles. The van der Waals surface area contributed by atoms with Crippen LogP contribution in [0.15, 0.2) is 29.8 Å². The number of alkyl halides is 4. The molecule has 1 atom stereocenters. The summed E-state index contributed by atoms with van der Waals surface area (Å²) in [5.74, 6) is -0.896. The number of halogens is 5. The van der Waals surface area contributed by atoms with Gasteiger partial charge in [0.1, 0.15) is 17.6 Å². The molecule has 3 aromatic rings. The Balaban J connectivity index is 1.20. The van der Waals surface area contributed by atoms with Crippen LogP contribution in [0.3, 0.4) is 0 Å². The molecule has 2 aliphatic rings. The molecular weight excluding hydrogens is 591 g/mol. The molecule has 0 amide bonds. The third-order valence-electron chi connectivity index (χ3n) is 6.89. The number of aromatic nitrogens is 3. The minimum atomic E-state index is -3.92. The van der Waals surface area contributed by atoms with Crippen molar-refractivity contribution in [2.45, 2.75) is 50.9 Å². The molecule has 0 bridgehead atoms. The van der Waals surface area contributed by atoms with Gasteiger partial charge < -0.3 is 9.08 Å². The molecule has 9 nitrogen and oxygen atoms in total. The van der Waals surface area contributed by atoms with E-state index in [1.54, 1.807) is 12.3 Å². The van der Waals surface area contributed by atoms with E-state index in [0.717, 1.165) is 34.5 Å². The lowest BCUT2D eigenvalue weighted by Crippen LogP contribution is -2.31. The summed E-state index contributed by atoms with van der Waals surface area (Å²) in [4.78, 5) is 6.74. The van der Waals surface area contributed by atoms with E-state index in [1.807, 2.05) is 10.3 Å². The standard InChI is InChI=1S/C25H27F5N6O3S2/c1-41(37,38)39-21-16-12-32-24(31-11-15(16)2-3-17(21)26)19-13-40-25(33-19)14-4-6-35(7-5-14)8-9-36-20(23(29)30)10-18(34-36)22(27)28/h2-3,8-10,13-14,22-24,31-32H,4-7,11-12H2,1H3. The zero-order chi connectivity index (χ0) is 29.3. The van der Waals surface area contributed by atoms with Crippen molar-refractivity contribution >= 4 is 27.7 Å². The van der Waals surface area contributed by atoms with Crippen LogP contribution in [0.25, 0.3) is 6.20 Å². The Morgan fingerprint density at radius 3 is 2.51 bits per heavy atom. The van der Waals surface area contributed by atoms with Gasteiger partial charge in [-0.25, -0.2) is 31.6 Å². The summed E-state index contributed by atoms with van der Waals surface area (Å²) in [5, 5.41) is 13.0. The first-order valence-corrected chi connectivity index (χ1v) is 15.4. The van der Waals surface area contributed by atoms with Gasteiger partial charge in [0, 0.05) is 55.4 Å². The molecule has 4 heterocycles. The van der Waals surface area contributed by atoms with Gasteiger partial charge in [-0.2, -0.15) is 13.5 Å². The Morgan fingerprint density at radius 2 is 1.83 bits per heavy atom. The van der Waals surface area contributed by atoms with Gasteiger partial charge >= 0.3 is 10.1 Å². The maximum Gasteiger partial charge on any atom is 0.306 e. The molecule has 1 aromatic carbocycles. The first-order valence-electron chi connectivity index (χ1n) is 12.7. The molecule has 222 valence electrons. The largest absolute Gasteiger partial charge is 0.379 e. The van der Waals surface area contributed by atoms with Crippen LogP contribution in [-0.4, -0.2) is 47.4 Å². The second kappa shape index (κ2) is 12.0. The zero-order valence-electron chi connectivity index (χ0n) is 21.7. The molecule has 0 aliphatic carbocycles. The summed E-state index contributed by atoms with van der Waals surface area (Å²) in [6.45, 7) is 1.74. The number of nitrogens with one attached hydrogen (secondary N) is 2. The van der Waals surface area contributed by atoms with Gasteiger partial charge in [-0.15, -0.1) is 11.3 Å². The summed E-state index contributed by atoms with van der Waals surface area (Å²) in [5.41, 5.74) is 0.591. The van der Waals surface area contributed by atoms with Crippen molar-refractivity contribution in [3.8, 4) is 5.75 Å². The lowest BCUT2D eigenvalue weighted by molar-refractivity contribution is 0.143. The molecule has 2 aromatic heterocycles. The summed E-state index contributed by atoms with van der Waals surface area (Å²) in [7, 11) is -3.92. The van der Waals surface area contributed by atoms with Crippen LogP contribution >= 0.6 is 11.3 Å². The number of thiazole rings is 1. The summed E-state index contributed by atoms with van der Waals surface area (Å²) in [6, 6.07) is 3.48. The van der Waals surface area contributed by atoms with Gasteiger partial charge in [0.2, 0.25) is 0 Å². The number of fused-ring (bicyclic) bond motifs is 1. The fourth-order valence-electron chi connectivity index (χ4n) is 4.83. The second-order valence-corrected chi connectivity index (χ2v) is 12.2. The van der Waals surface area contributed by atoms with Crippen LogP contribution in [0.4, 0.5) is 22.0 Å². The number of benzene rings is 1. The van der Waals surface area contributed by atoms with Crippen molar-refractivity contribution < 1.29 is 34.6 Å². The SMILES string of the molecule is CS(=O)(=O)Oc1c(F)ccc2c1CNC(c1csc(C3CCN(C=Cn4nc(C(F)F)cc4C(F)F)CC3)n1)NC2. The van der Waals surface area contributed by atoms with E-state index in [1.165, 1.54) is 23.6 Å². The van der Waals surface area contributed by atoms with Crippen LogP contribution in [-0.2, 0) is 23.2 Å². The molecule has 0 spiro atoms. The Morgan fingerprint density at radius 1 is 1.10 bits per heavy atom. The normalized spacial score (nSPS) is 18.8. The molecule has 1 unspecified atom stereocenters. The third kappa shape index (κ3) is 6.88. The minimum absolute atomic E-state index is 0.162. The predicted molar refractivity (Wildman–Crippen MR) is 141 cm³/mol. The quantitative estimate of drug-likeness (QED) is 0.272. The number of hydrogen-bond donors (Lipinski definition) is 2. The Bertz CT molecular complexity index is 1520. The van der Waals surface area contributed by atoms with E-state index in [-0.39, 0.29) is 24.4 Å². The van der Waals surface area contributed by atoms with E-state index in [0.29, 0.717) is 36.8 Å². The average molecular weight is 619 g/mol. The third-order valence-corrected chi connectivity index (χ3v) is 8.38. The summed E-state index contributed by atoms with van der Waals surface area (Å²) >= 11 is 1.52. The number of likely N-dealkylation sites (tertiary alicyclic amines) is 1. The first kappa shape index (κ1) is 29.4. The highest BCUT2D eigenvalue weighted by Gasteiger charge is 2.27. The first-order chi connectivity index (χ1) is 19.5. The van der Waals surface area contributed by atoms with Gasteiger partial charge in [0.25, 0.3) is 12.9 Å². The van der Waals surface area contributed by atoms with Gasteiger partial charge in [-0.1, -0.05) is 6.07 Å². The molecule has 5 rings (SSSR count). The van der Waals surface area contributed by atoms with Gasteiger partial charge in [-0.3, -0.25) is 10.6 Å². The lowest BCUT2D eigenvalue weighted by Gasteiger charge is -2.30. The maximum atomic E-state index is 14.4. The number of rotatable bonds is 8. The highest BCUT2D eigenvalue weighted by molar-refractivity contribution is 7.86. The minimum Gasteiger partial charge on any atom is -0.379 e.